The number of rotatable bonds is 7. The second-order valence-electron chi connectivity index (χ2n) is 6.31. The van der Waals surface area contributed by atoms with Crippen molar-refractivity contribution in [1.29, 1.82) is 0 Å². The minimum Gasteiger partial charge on any atom is -0.312 e. The van der Waals surface area contributed by atoms with Gasteiger partial charge in [0, 0.05) is 30.3 Å². The van der Waals surface area contributed by atoms with E-state index in [0.717, 1.165) is 37.2 Å². The molecule has 0 aromatic heterocycles. The third-order valence-corrected chi connectivity index (χ3v) is 4.48. The van der Waals surface area contributed by atoms with Gasteiger partial charge in [0.15, 0.2) is 0 Å². The number of hydroxylamine groups is 1. The molecule has 26 heavy (non-hydrogen) atoms. The molecule has 0 radical (unpaired) electrons. The Morgan fingerprint density at radius 1 is 1.31 bits per heavy atom. The van der Waals surface area contributed by atoms with E-state index >= 15 is 0 Å². The lowest BCUT2D eigenvalue weighted by Crippen LogP contribution is -2.16. The van der Waals surface area contributed by atoms with Crippen molar-refractivity contribution in [3.8, 4) is 0 Å². The second-order valence-corrected chi connectivity index (χ2v) is 6.31. The molecule has 5 nitrogen and oxygen atoms in total. The number of carbonyl (C=O) groups excluding carboxylic acids is 1. The van der Waals surface area contributed by atoms with Crippen LogP contribution in [0.5, 0.6) is 0 Å². The molecule has 5 heteroatoms. The van der Waals surface area contributed by atoms with Gasteiger partial charge in [-0.25, -0.2) is 5.48 Å². The van der Waals surface area contributed by atoms with Crippen LogP contribution in [0.15, 0.2) is 70.4 Å². The lowest BCUT2D eigenvalue weighted by Gasteiger charge is -2.11. The number of amides is 1. The number of fused-ring (bicyclic) bond motifs is 1. The average Bonchev–Trinajstić information content (AvgIpc) is 2.99. The van der Waals surface area contributed by atoms with E-state index < -0.39 is 5.91 Å². The van der Waals surface area contributed by atoms with E-state index in [4.69, 9.17) is 5.21 Å². The molecule has 1 aromatic rings. The lowest BCUT2D eigenvalue weighted by atomic mass is 9.95. The summed E-state index contributed by atoms with van der Waals surface area (Å²) in [5.41, 5.74) is 8.64. The molecule has 1 heterocycles. The van der Waals surface area contributed by atoms with Crippen LogP contribution in [0.3, 0.4) is 0 Å². The van der Waals surface area contributed by atoms with E-state index in [9.17, 15) is 4.79 Å². The normalized spacial score (nSPS) is 15.9. The van der Waals surface area contributed by atoms with Gasteiger partial charge in [-0.3, -0.25) is 15.0 Å². The van der Waals surface area contributed by atoms with Crippen LogP contribution >= 0.6 is 0 Å². The Morgan fingerprint density at radius 3 is 2.88 bits per heavy atom. The molecule has 0 atom stereocenters. The lowest BCUT2D eigenvalue weighted by molar-refractivity contribution is -0.124. The van der Waals surface area contributed by atoms with Crippen LogP contribution in [0.2, 0.25) is 0 Å². The molecule has 0 bridgehead atoms. The first-order valence-corrected chi connectivity index (χ1v) is 8.74. The minimum atomic E-state index is -0.539. The summed E-state index contributed by atoms with van der Waals surface area (Å²) in [6.07, 6.45) is 11.3. The number of allylic oxidation sites excluding steroid dienone is 5. The number of benzene rings is 1. The summed E-state index contributed by atoms with van der Waals surface area (Å²) in [5, 5.41) is 11.9. The largest absolute Gasteiger partial charge is 0.312 e. The fraction of sp³-hybridized carbons (Fsp3) is 0.238. The van der Waals surface area contributed by atoms with Crippen molar-refractivity contribution in [2.24, 2.45) is 4.99 Å². The highest BCUT2D eigenvalue weighted by Gasteiger charge is 2.21. The van der Waals surface area contributed by atoms with Crippen LogP contribution < -0.4 is 10.8 Å². The summed E-state index contributed by atoms with van der Waals surface area (Å²) in [5.74, 6) is -0.539. The maximum absolute atomic E-state index is 11.0. The van der Waals surface area contributed by atoms with Crippen molar-refractivity contribution in [3.05, 3.63) is 76.5 Å². The molecule has 0 saturated heterocycles. The smallest absolute Gasteiger partial charge is 0.267 e. The Hall–Kier alpha value is -2.76. The predicted octanol–water partition coefficient (Wildman–Crippen LogP) is 3.30. The molecule has 0 fully saturated rings. The van der Waals surface area contributed by atoms with Crippen LogP contribution in [0.25, 0.3) is 6.08 Å². The first-order chi connectivity index (χ1) is 12.7. The van der Waals surface area contributed by atoms with Crippen molar-refractivity contribution in [2.75, 3.05) is 6.54 Å². The Morgan fingerprint density at radius 2 is 2.12 bits per heavy atom. The number of hydrogen-bond acceptors (Lipinski definition) is 4. The van der Waals surface area contributed by atoms with Crippen LogP contribution in [0.1, 0.15) is 30.9 Å². The van der Waals surface area contributed by atoms with Gasteiger partial charge >= 0.3 is 0 Å². The van der Waals surface area contributed by atoms with Crippen molar-refractivity contribution in [2.45, 2.75) is 26.3 Å². The third kappa shape index (κ3) is 4.45. The zero-order valence-corrected chi connectivity index (χ0v) is 14.8. The highest BCUT2D eigenvalue weighted by Crippen LogP contribution is 2.30. The molecule has 0 unspecified atom stereocenters. The molecular formula is C21H23N3O2. The maximum atomic E-state index is 11.0. The molecule has 1 aromatic carbocycles. The highest BCUT2D eigenvalue weighted by molar-refractivity contribution is 6.08. The number of nitrogens with one attached hydrogen (secondary N) is 2. The second kappa shape index (κ2) is 8.56. The Kier molecular flexibility index (Phi) is 5.94. The van der Waals surface area contributed by atoms with Gasteiger partial charge in [-0.15, -0.1) is 0 Å². The van der Waals surface area contributed by atoms with Crippen LogP contribution in [-0.4, -0.2) is 23.4 Å². The molecule has 0 spiro atoms. The summed E-state index contributed by atoms with van der Waals surface area (Å²) in [6, 6.07) is 7.95. The van der Waals surface area contributed by atoms with E-state index in [0.29, 0.717) is 0 Å². The topological polar surface area (TPSA) is 73.7 Å². The summed E-state index contributed by atoms with van der Waals surface area (Å²) in [6.45, 7) is 3.78. The van der Waals surface area contributed by atoms with Gasteiger partial charge in [-0.1, -0.05) is 42.5 Å². The third-order valence-electron chi connectivity index (χ3n) is 4.48. The fourth-order valence-corrected chi connectivity index (χ4v) is 3.11. The first-order valence-electron chi connectivity index (χ1n) is 8.74. The van der Waals surface area contributed by atoms with Gasteiger partial charge in [0.25, 0.3) is 5.91 Å². The maximum Gasteiger partial charge on any atom is 0.267 e. The predicted molar refractivity (Wildman–Crippen MR) is 104 cm³/mol. The van der Waals surface area contributed by atoms with E-state index in [1.54, 1.807) is 11.6 Å². The monoisotopic (exact) mass is 349 g/mol. The van der Waals surface area contributed by atoms with Crippen molar-refractivity contribution in [1.82, 2.24) is 10.8 Å². The van der Waals surface area contributed by atoms with Gasteiger partial charge in [-0.05, 0) is 42.7 Å². The minimum absolute atomic E-state index is 0.539. The zero-order valence-electron chi connectivity index (χ0n) is 14.8. The molecule has 0 saturated carbocycles. The average molecular weight is 349 g/mol. The first kappa shape index (κ1) is 18.0. The SMILES string of the molecule is CC1=C(CCNCc2ccc(/C=C/C(=O)NO)cc2)C2=CC=CCC2=N1. The molecule has 134 valence electrons. The van der Waals surface area contributed by atoms with Crippen LogP contribution in [0.4, 0.5) is 0 Å². The Bertz CT molecular complexity index is 827. The Balaban J connectivity index is 1.46. The number of aliphatic imine (C=N–C) groups is 1. The van der Waals surface area contributed by atoms with Gasteiger partial charge in [-0.2, -0.15) is 0 Å². The fourth-order valence-electron chi connectivity index (χ4n) is 3.11. The summed E-state index contributed by atoms with van der Waals surface area (Å²) >= 11 is 0. The standard InChI is InChI=1S/C21H23N3O2/c1-15-18(19-4-2-3-5-20(19)23-15)12-13-22-14-17-8-6-16(7-9-17)10-11-21(25)24-26/h2-4,6-11,22,26H,5,12-14H2,1H3,(H,24,25)/b11-10+. The Labute approximate surface area is 153 Å². The van der Waals surface area contributed by atoms with Gasteiger partial charge < -0.3 is 5.32 Å². The van der Waals surface area contributed by atoms with Gasteiger partial charge in [0.2, 0.25) is 0 Å². The zero-order chi connectivity index (χ0) is 18.4. The molecule has 1 aliphatic carbocycles. The van der Waals surface area contributed by atoms with Gasteiger partial charge in [0.05, 0.1) is 5.71 Å². The van der Waals surface area contributed by atoms with Crippen LogP contribution in [0, 0.1) is 0 Å². The molecule has 3 rings (SSSR count). The number of carbonyl (C=O) groups is 1. The highest BCUT2D eigenvalue weighted by atomic mass is 16.5. The summed E-state index contributed by atoms with van der Waals surface area (Å²) in [7, 11) is 0. The molecule has 1 aliphatic heterocycles. The van der Waals surface area contributed by atoms with Crippen molar-refractivity contribution < 1.29 is 10.0 Å². The van der Waals surface area contributed by atoms with Crippen molar-refractivity contribution in [3.63, 3.8) is 0 Å². The summed E-state index contributed by atoms with van der Waals surface area (Å²) < 4.78 is 0. The van der Waals surface area contributed by atoms with E-state index in [-0.39, 0.29) is 0 Å². The summed E-state index contributed by atoms with van der Waals surface area (Å²) in [4.78, 5) is 15.6. The van der Waals surface area contributed by atoms with Crippen LogP contribution in [-0.2, 0) is 11.3 Å². The molecule has 1 amide bonds. The quantitative estimate of drug-likeness (QED) is 0.306. The van der Waals surface area contributed by atoms with Gasteiger partial charge in [0.1, 0.15) is 0 Å². The number of hydrogen-bond donors (Lipinski definition) is 3. The van der Waals surface area contributed by atoms with E-state index in [1.807, 2.05) is 24.3 Å². The molecule has 2 aliphatic rings. The van der Waals surface area contributed by atoms with E-state index in [1.165, 1.54) is 28.5 Å². The molecular weight excluding hydrogens is 326 g/mol. The van der Waals surface area contributed by atoms with E-state index in [2.05, 4.69) is 35.5 Å². The number of nitrogens with zero attached hydrogens (tertiary/aromatic N) is 1. The molecule has 3 N–H and O–H groups in total. The van der Waals surface area contributed by atoms with Crippen molar-refractivity contribution >= 4 is 17.7 Å².